The third-order valence-electron chi connectivity index (χ3n) is 5.61. The number of piperidine rings is 1. The highest BCUT2D eigenvalue weighted by atomic mass is 16.2. The van der Waals surface area contributed by atoms with E-state index in [9.17, 15) is 4.79 Å². The summed E-state index contributed by atoms with van der Waals surface area (Å²) in [6.45, 7) is 2.84. The fourth-order valence-electron chi connectivity index (χ4n) is 4.10. The predicted octanol–water partition coefficient (Wildman–Crippen LogP) is 4.44. The summed E-state index contributed by atoms with van der Waals surface area (Å²) in [4.78, 5) is 17.4. The number of aryl methyl sites for hydroxylation is 1. The van der Waals surface area contributed by atoms with Gasteiger partial charge < -0.3 is 14.4 Å². The normalized spacial score (nSPS) is 14.5. The minimum Gasteiger partial charge on any atom is -0.371 e. The van der Waals surface area contributed by atoms with Crippen LogP contribution in [-0.4, -0.2) is 35.5 Å². The number of benzene rings is 2. The fourth-order valence-corrected chi connectivity index (χ4v) is 4.10. The third-order valence-corrected chi connectivity index (χ3v) is 5.61. The molecule has 27 heavy (non-hydrogen) atoms. The van der Waals surface area contributed by atoms with Crippen LogP contribution in [0.1, 0.15) is 35.3 Å². The molecule has 1 fully saturated rings. The van der Waals surface area contributed by atoms with E-state index >= 15 is 0 Å². The molecule has 2 heterocycles. The first-order valence-corrected chi connectivity index (χ1v) is 9.78. The van der Waals surface area contributed by atoms with Gasteiger partial charge in [0.05, 0.1) is 0 Å². The largest absolute Gasteiger partial charge is 0.371 e. The zero-order valence-electron chi connectivity index (χ0n) is 16.2. The van der Waals surface area contributed by atoms with Crippen LogP contribution in [-0.2, 0) is 13.6 Å². The van der Waals surface area contributed by atoms with Crippen molar-refractivity contribution >= 4 is 22.5 Å². The van der Waals surface area contributed by atoms with Gasteiger partial charge in [0.2, 0.25) is 0 Å². The van der Waals surface area contributed by atoms with E-state index < -0.39 is 0 Å². The Labute approximate surface area is 161 Å². The maximum Gasteiger partial charge on any atom is 0.270 e. The Morgan fingerprint density at radius 1 is 1.00 bits per heavy atom. The van der Waals surface area contributed by atoms with Gasteiger partial charge >= 0.3 is 0 Å². The van der Waals surface area contributed by atoms with Gasteiger partial charge in [-0.1, -0.05) is 36.4 Å². The van der Waals surface area contributed by atoms with Crippen LogP contribution in [0.15, 0.2) is 54.6 Å². The maximum atomic E-state index is 13.1. The van der Waals surface area contributed by atoms with Crippen molar-refractivity contribution in [2.75, 3.05) is 25.0 Å². The highest BCUT2D eigenvalue weighted by Gasteiger charge is 2.20. The molecule has 4 rings (SSSR count). The number of carbonyl (C=O) groups is 1. The van der Waals surface area contributed by atoms with Crippen molar-refractivity contribution in [1.82, 2.24) is 9.47 Å². The van der Waals surface area contributed by atoms with Gasteiger partial charge in [-0.3, -0.25) is 4.79 Å². The average molecular weight is 361 g/mol. The summed E-state index contributed by atoms with van der Waals surface area (Å²) < 4.78 is 1.99. The van der Waals surface area contributed by atoms with E-state index in [-0.39, 0.29) is 5.91 Å². The number of rotatable bonds is 4. The SMILES string of the molecule is CN(Cc1ccccc1N1CCCCC1)C(=O)c1cc2ccccc2n1C. The molecule has 1 saturated heterocycles. The molecule has 2 aromatic carbocycles. The van der Waals surface area contributed by atoms with Crippen LogP contribution < -0.4 is 4.90 Å². The molecule has 1 aromatic heterocycles. The van der Waals surface area contributed by atoms with Crippen molar-refractivity contribution in [3.8, 4) is 0 Å². The number of hydrogen-bond acceptors (Lipinski definition) is 2. The topological polar surface area (TPSA) is 28.5 Å². The van der Waals surface area contributed by atoms with E-state index in [4.69, 9.17) is 0 Å². The van der Waals surface area contributed by atoms with E-state index in [0.29, 0.717) is 6.54 Å². The van der Waals surface area contributed by atoms with Gasteiger partial charge in [-0.05, 0) is 43.0 Å². The number of nitrogens with zero attached hydrogens (tertiary/aromatic N) is 3. The van der Waals surface area contributed by atoms with Crippen molar-refractivity contribution < 1.29 is 4.79 Å². The number of amides is 1. The Morgan fingerprint density at radius 3 is 2.48 bits per heavy atom. The van der Waals surface area contributed by atoms with Crippen LogP contribution in [0.4, 0.5) is 5.69 Å². The standard InChI is InChI=1S/C23H27N3O/c1-24(23(27)22-16-18-10-4-6-12-20(18)25(22)2)17-19-11-5-7-13-21(19)26-14-8-3-9-15-26/h4-7,10-13,16H,3,8-9,14-15,17H2,1-2H3. The zero-order chi connectivity index (χ0) is 18.8. The molecule has 0 spiro atoms. The lowest BCUT2D eigenvalue weighted by atomic mass is 10.1. The molecule has 0 unspecified atom stereocenters. The fraction of sp³-hybridized carbons (Fsp3) is 0.348. The van der Waals surface area contributed by atoms with Crippen molar-refractivity contribution in [1.29, 1.82) is 0 Å². The molecule has 0 atom stereocenters. The number of anilines is 1. The van der Waals surface area contributed by atoms with E-state index in [1.165, 1.54) is 30.5 Å². The molecule has 0 radical (unpaired) electrons. The van der Waals surface area contributed by atoms with Gasteiger partial charge in [0.25, 0.3) is 5.91 Å². The lowest BCUT2D eigenvalue weighted by Crippen LogP contribution is -2.32. The van der Waals surface area contributed by atoms with Crippen LogP contribution in [0, 0.1) is 0 Å². The van der Waals surface area contributed by atoms with Crippen LogP contribution in [0.25, 0.3) is 10.9 Å². The maximum absolute atomic E-state index is 13.1. The average Bonchev–Trinajstić information content (AvgIpc) is 3.05. The molecular formula is C23H27N3O. The molecule has 0 bridgehead atoms. The van der Waals surface area contributed by atoms with Crippen LogP contribution in [0.5, 0.6) is 0 Å². The summed E-state index contributed by atoms with van der Waals surface area (Å²) >= 11 is 0. The summed E-state index contributed by atoms with van der Waals surface area (Å²) in [6.07, 6.45) is 3.82. The Kier molecular flexibility index (Phi) is 4.88. The van der Waals surface area contributed by atoms with E-state index in [1.807, 2.05) is 41.8 Å². The number of fused-ring (bicyclic) bond motifs is 1. The number of para-hydroxylation sites is 2. The second kappa shape index (κ2) is 7.47. The Bertz CT molecular complexity index is 953. The minimum absolute atomic E-state index is 0.0575. The third kappa shape index (κ3) is 3.44. The molecule has 0 saturated carbocycles. The van der Waals surface area contributed by atoms with Crippen LogP contribution in [0.3, 0.4) is 0 Å². The van der Waals surface area contributed by atoms with E-state index in [2.05, 4.69) is 41.3 Å². The highest BCUT2D eigenvalue weighted by Crippen LogP contribution is 2.26. The van der Waals surface area contributed by atoms with Gasteiger partial charge in [-0.15, -0.1) is 0 Å². The Hall–Kier alpha value is -2.75. The summed E-state index contributed by atoms with van der Waals surface area (Å²) in [5, 5.41) is 1.10. The molecule has 1 amide bonds. The highest BCUT2D eigenvalue weighted by molar-refractivity contribution is 5.98. The second-order valence-electron chi connectivity index (χ2n) is 7.49. The first-order valence-electron chi connectivity index (χ1n) is 9.78. The first kappa shape index (κ1) is 17.7. The predicted molar refractivity (Wildman–Crippen MR) is 111 cm³/mol. The second-order valence-corrected chi connectivity index (χ2v) is 7.49. The molecule has 0 N–H and O–H groups in total. The van der Waals surface area contributed by atoms with Gasteiger partial charge in [0, 0.05) is 50.3 Å². The summed E-state index contributed by atoms with van der Waals surface area (Å²) in [6, 6.07) is 18.6. The smallest absolute Gasteiger partial charge is 0.270 e. The van der Waals surface area contributed by atoms with E-state index in [1.54, 1.807) is 0 Å². The van der Waals surface area contributed by atoms with Gasteiger partial charge in [-0.2, -0.15) is 0 Å². The van der Waals surface area contributed by atoms with Gasteiger partial charge in [-0.25, -0.2) is 0 Å². The molecule has 1 aliphatic heterocycles. The molecule has 4 heteroatoms. The van der Waals surface area contributed by atoms with Crippen molar-refractivity contribution in [2.45, 2.75) is 25.8 Å². The summed E-state index contributed by atoms with van der Waals surface area (Å²) in [5.74, 6) is 0.0575. The molecule has 4 nitrogen and oxygen atoms in total. The van der Waals surface area contributed by atoms with Gasteiger partial charge in [0.1, 0.15) is 5.69 Å². The summed E-state index contributed by atoms with van der Waals surface area (Å²) in [5.41, 5.74) is 4.31. The van der Waals surface area contributed by atoms with Crippen LogP contribution in [0.2, 0.25) is 0 Å². The Morgan fingerprint density at radius 2 is 1.70 bits per heavy atom. The van der Waals surface area contributed by atoms with Crippen LogP contribution >= 0.6 is 0 Å². The molecule has 1 aliphatic rings. The zero-order valence-corrected chi connectivity index (χ0v) is 16.2. The first-order chi connectivity index (χ1) is 13.1. The number of carbonyl (C=O) groups excluding carboxylic acids is 1. The quantitative estimate of drug-likeness (QED) is 0.687. The molecule has 0 aliphatic carbocycles. The molecule has 140 valence electrons. The number of hydrogen-bond donors (Lipinski definition) is 0. The Balaban J connectivity index is 1.57. The monoisotopic (exact) mass is 361 g/mol. The van der Waals surface area contributed by atoms with Crippen molar-refractivity contribution in [3.63, 3.8) is 0 Å². The lowest BCUT2D eigenvalue weighted by Gasteiger charge is -2.31. The molecule has 3 aromatic rings. The van der Waals surface area contributed by atoms with E-state index in [0.717, 1.165) is 29.7 Å². The van der Waals surface area contributed by atoms with Crippen molar-refractivity contribution in [2.24, 2.45) is 7.05 Å². The van der Waals surface area contributed by atoms with Crippen molar-refractivity contribution in [3.05, 3.63) is 65.9 Å². The van der Waals surface area contributed by atoms with Gasteiger partial charge in [0.15, 0.2) is 0 Å². The lowest BCUT2D eigenvalue weighted by molar-refractivity contribution is 0.0776. The summed E-state index contributed by atoms with van der Waals surface area (Å²) in [7, 11) is 3.86. The minimum atomic E-state index is 0.0575. The number of aromatic nitrogens is 1. The molecular weight excluding hydrogens is 334 g/mol.